The summed E-state index contributed by atoms with van der Waals surface area (Å²) in [5.74, 6) is -0.965. The molecule has 0 radical (unpaired) electrons. The van der Waals surface area contributed by atoms with Crippen molar-refractivity contribution in [1.29, 1.82) is 0 Å². The quantitative estimate of drug-likeness (QED) is 0.492. The van der Waals surface area contributed by atoms with E-state index in [2.05, 4.69) is 5.32 Å². The number of nitrogen functional groups attached to an aromatic ring is 1. The summed E-state index contributed by atoms with van der Waals surface area (Å²) in [7, 11) is -4.04. The number of carbonyl (C=O) groups is 2. The van der Waals surface area contributed by atoms with Crippen LogP contribution in [0.4, 0.5) is 11.4 Å². The lowest BCUT2D eigenvalue weighted by atomic mass is 10.1. The Morgan fingerprint density at radius 1 is 1.38 bits per heavy atom. The zero-order valence-corrected chi connectivity index (χ0v) is 12.2. The zero-order chi connectivity index (χ0) is 15.8. The Morgan fingerprint density at radius 3 is 2.62 bits per heavy atom. The van der Waals surface area contributed by atoms with Crippen LogP contribution in [0.1, 0.15) is 13.3 Å². The van der Waals surface area contributed by atoms with E-state index < -0.39 is 27.9 Å². The summed E-state index contributed by atoms with van der Waals surface area (Å²) < 4.78 is 23.4. The van der Waals surface area contributed by atoms with Crippen molar-refractivity contribution in [3.63, 3.8) is 0 Å². The lowest BCUT2D eigenvalue weighted by molar-refractivity contribution is -0.132. The number of hydrogen-bond donors (Lipinski definition) is 3. The van der Waals surface area contributed by atoms with Gasteiger partial charge in [0, 0.05) is 5.69 Å². The Kier molecular flexibility index (Phi) is 3.88. The van der Waals surface area contributed by atoms with Crippen LogP contribution < -0.4 is 21.1 Å². The van der Waals surface area contributed by atoms with Gasteiger partial charge in [-0.15, -0.1) is 0 Å². The number of carbonyl (C=O) groups excluding carboxylic acids is 2. The fourth-order valence-corrected chi connectivity index (χ4v) is 3.10. The third-order valence-corrected chi connectivity index (χ3v) is 4.18. The molecule has 9 heteroatoms. The number of rotatable bonds is 3. The maximum Gasteiger partial charge on any atom is 0.249 e. The monoisotopic (exact) mass is 312 g/mol. The molecule has 0 bridgehead atoms. The topological polar surface area (TPSA) is 136 Å². The number of anilines is 2. The molecule has 1 atom stereocenters. The van der Waals surface area contributed by atoms with Gasteiger partial charge < -0.3 is 10.6 Å². The predicted molar refractivity (Wildman–Crippen MR) is 76.8 cm³/mol. The SMILES string of the molecule is CCC1C(=O)NC(=O)CN1c1ccc(N)cc1S(N)(=O)=O. The second kappa shape index (κ2) is 5.34. The van der Waals surface area contributed by atoms with Crippen molar-refractivity contribution in [1.82, 2.24) is 5.32 Å². The molecule has 2 rings (SSSR count). The van der Waals surface area contributed by atoms with Gasteiger partial charge in [-0.2, -0.15) is 0 Å². The number of sulfonamides is 1. The van der Waals surface area contributed by atoms with Crippen molar-refractivity contribution in [2.45, 2.75) is 24.3 Å². The summed E-state index contributed by atoms with van der Waals surface area (Å²) in [5.41, 5.74) is 6.01. The Hall–Kier alpha value is -2.13. The van der Waals surface area contributed by atoms with Crippen molar-refractivity contribution in [2.75, 3.05) is 17.2 Å². The van der Waals surface area contributed by atoms with Crippen LogP contribution in [0.15, 0.2) is 23.1 Å². The Labute approximate surface area is 122 Å². The first kappa shape index (κ1) is 15.3. The second-order valence-electron chi connectivity index (χ2n) is 4.74. The molecule has 0 aliphatic carbocycles. The summed E-state index contributed by atoms with van der Waals surface area (Å²) in [6, 6.07) is 3.51. The number of nitrogens with one attached hydrogen (secondary N) is 1. The van der Waals surface area contributed by atoms with Gasteiger partial charge in [0.25, 0.3) is 0 Å². The van der Waals surface area contributed by atoms with Gasteiger partial charge in [-0.25, -0.2) is 13.6 Å². The van der Waals surface area contributed by atoms with Crippen LogP contribution in [0.25, 0.3) is 0 Å². The molecule has 1 aromatic carbocycles. The number of primary sulfonamides is 1. The maximum atomic E-state index is 11.9. The largest absolute Gasteiger partial charge is 0.399 e. The first-order chi connectivity index (χ1) is 9.74. The van der Waals surface area contributed by atoms with Crippen molar-refractivity contribution in [3.8, 4) is 0 Å². The van der Waals surface area contributed by atoms with Gasteiger partial charge in [0.2, 0.25) is 21.8 Å². The normalized spacial score (nSPS) is 19.5. The first-order valence-electron chi connectivity index (χ1n) is 6.26. The van der Waals surface area contributed by atoms with Gasteiger partial charge in [0.05, 0.1) is 12.2 Å². The smallest absolute Gasteiger partial charge is 0.249 e. The third kappa shape index (κ3) is 2.98. The van der Waals surface area contributed by atoms with Gasteiger partial charge in [-0.1, -0.05) is 6.92 Å². The molecule has 0 spiro atoms. The number of amides is 2. The van der Waals surface area contributed by atoms with Crippen LogP contribution in [-0.4, -0.2) is 32.8 Å². The highest BCUT2D eigenvalue weighted by Gasteiger charge is 2.34. The molecule has 1 aliphatic heterocycles. The minimum atomic E-state index is -4.04. The summed E-state index contributed by atoms with van der Waals surface area (Å²) in [4.78, 5) is 24.7. The van der Waals surface area contributed by atoms with Crippen LogP contribution >= 0.6 is 0 Å². The molecule has 8 nitrogen and oxygen atoms in total. The van der Waals surface area contributed by atoms with Crippen LogP contribution in [0, 0.1) is 0 Å². The summed E-state index contributed by atoms with van der Waals surface area (Å²) >= 11 is 0. The molecule has 0 saturated carbocycles. The average molecular weight is 312 g/mol. The molecule has 0 aromatic heterocycles. The molecule has 1 saturated heterocycles. The van der Waals surface area contributed by atoms with E-state index in [9.17, 15) is 18.0 Å². The molecule has 1 fully saturated rings. The van der Waals surface area contributed by atoms with Gasteiger partial charge in [-0.05, 0) is 24.6 Å². The van der Waals surface area contributed by atoms with E-state index in [1.807, 2.05) is 0 Å². The molecule has 5 N–H and O–H groups in total. The van der Waals surface area contributed by atoms with E-state index in [4.69, 9.17) is 10.9 Å². The van der Waals surface area contributed by atoms with Gasteiger partial charge >= 0.3 is 0 Å². The Bertz CT molecular complexity index is 701. The molecular formula is C12H16N4O4S. The van der Waals surface area contributed by atoms with Gasteiger partial charge in [0.15, 0.2) is 0 Å². The highest BCUT2D eigenvalue weighted by molar-refractivity contribution is 7.89. The van der Waals surface area contributed by atoms with E-state index >= 15 is 0 Å². The van der Waals surface area contributed by atoms with E-state index in [1.54, 1.807) is 6.92 Å². The van der Waals surface area contributed by atoms with Crippen LogP contribution in [-0.2, 0) is 19.6 Å². The average Bonchev–Trinajstić information content (AvgIpc) is 2.36. The summed E-state index contributed by atoms with van der Waals surface area (Å²) in [6.07, 6.45) is 0.410. The Balaban J connectivity index is 2.59. The second-order valence-corrected chi connectivity index (χ2v) is 6.27. The summed E-state index contributed by atoms with van der Waals surface area (Å²) in [6.45, 7) is 1.64. The summed E-state index contributed by atoms with van der Waals surface area (Å²) in [5, 5.41) is 7.42. The first-order valence-corrected chi connectivity index (χ1v) is 7.81. The molecule has 1 heterocycles. The molecule has 1 aromatic rings. The molecule has 114 valence electrons. The fourth-order valence-electron chi connectivity index (χ4n) is 2.32. The van der Waals surface area contributed by atoms with Crippen molar-refractivity contribution in [3.05, 3.63) is 18.2 Å². The highest BCUT2D eigenvalue weighted by atomic mass is 32.2. The van der Waals surface area contributed by atoms with Crippen LogP contribution in [0.2, 0.25) is 0 Å². The number of nitrogens with two attached hydrogens (primary N) is 2. The van der Waals surface area contributed by atoms with Gasteiger partial charge in [-0.3, -0.25) is 14.9 Å². The minimum absolute atomic E-state index is 0.128. The van der Waals surface area contributed by atoms with Crippen molar-refractivity contribution >= 4 is 33.2 Å². The van der Waals surface area contributed by atoms with Crippen molar-refractivity contribution in [2.24, 2.45) is 5.14 Å². The zero-order valence-electron chi connectivity index (χ0n) is 11.4. The molecule has 2 amide bonds. The van der Waals surface area contributed by atoms with E-state index in [0.717, 1.165) is 0 Å². The van der Waals surface area contributed by atoms with Crippen LogP contribution in [0.5, 0.6) is 0 Å². The number of hydrogen-bond acceptors (Lipinski definition) is 6. The van der Waals surface area contributed by atoms with Crippen molar-refractivity contribution < 1.29 is 18.0 Å². The van der Waals surface area contributed by atoms with E-state index in [0.29, 0.717) is 6.42 Å². The third-order valence-electron chi connectivity index (χ3n) is 3.24. The number of nitrogens with zero attached hydrogens (tertiary/aromatic N) is 1. The number of imide groups is 1. The standard InChI is InChI=1S/C12H16N4O4S/c1-2-8-12(18)15-11(17)6-16(8)9-4-3-7(13)5-10(9)21(14,19)20/h3-5,8H,2,6,13H2,1H3,(H2,14,19,20)(H,15,17,18). The lowest BCUT2D eigenvalue weighted by Crippen LogP contribution is -2.58. The molecule has 21 heavy (non-hydrogen) atoms. The lowest BCUT2D eigenvalue weighted by Gasteiger charge is -2.36. The van der Waals surface area contributed by atoms with E-state index in [-0.39, 0.29) is 22.8 Å². The maximum absolute atomic E-state index is 11.9. The number of benzene rings is 1. The molecule has 1 aliphatic rings. The predicted octanol–water partition coefficient (Wildman–Crippen LogP) is -0.842. The van der Waals surface area contributed by atoms with E-state index in [1.165, 1.54) is 23.1 Å². The Morgan fingerprint density at radius 2 is 2.05 bits per heavy atom. The highest BCUT2D eigenvalue weighted by Crippen LogP contribution is 2.29. The number of piperazine rings is 1. The van der Waals surface area contributed by atoms with Crippen LogP contribution in [0.3, 0.4) is 0 Å². The molecule has 1 unspecified atom stereocenters. The fraction of sp³-hybridized carbons (Fsp3) is 0.333. The molecular weight excluding hydrogens is 296 g/mol. The minimum Gasteiger partial charge on any atom is -0.399 e. The van der Waals surface area contributed by atoms with Gasteiger partial charge in [0.1, 0.15) is 10.9 Å².